The Labute approximate surface area is 88.9 Å². The molecule has 1 N–H and O–H groups in total. The largest absolute Gasteiger partial charge is 0.241 e. The predicted molar refractivity (Wildman–Crippen MR) is 54.2 cm³/mol. The molecular weight excluding hydrogens is 222 g/mol. The summed E-state index contributed by atoms with van der Waals surface area (Å²) in [5, 5.41) is 0.000556. The first kappa shape index (κ1) is 11.3. The second-order valence-electron chi connectivity index (χ2n) is 4.37. The summed E-state index contributed by atoms with van der Waals surface area (Å²) >= 11 is 0. The number of alkyl halides is 2. The molecule has 1 aliphatic carbocycles. The lowest BCUT2D eigenvalue weighted by Crippen LogP contribution is -2.40. The van der Waals surface area contributed by atoms with Gasteiger partial charge in [0.25, 0.3) is 0 Å². The van der Waals surface area contributed by atoms with Crippen molar-refractivity contribution in [1.29, 1.82) is 4.78 Å². The van der Waals surface area contributed by atoms with E-state index in [1.165, 1.54) is 0 Å². The van der Waals surface area contributed by atoms with Gasteiger partial charge in [-0.15, -0.1) is 0 Å². The van der Waals surface area contributed by atoms with Crippen molar-refractivity contribution in [2.45, 2.75) is 37.4 Å². The van der Waals surface area contributed by atoms with E-state index in [1.54, 1.807) is 4.31 Å². The molecule has 3 nitrogen and oxygen atoms in total. The Hall–Kier alpha value is -0.230. The molecule has 6 heteroatoms. The van der Waals surface area contributed by atoms with Crippen LogP contribution in [0, 0.1) is 10.7 Å². The Morgan fingerprint density at radius 3 is 2.13 bits per heavy atom. The normalized spacial score (nSPS) is 29.3. The van der Waals surface area contributed by atoms with Crippen LogP contribution in [-0.2, 0) is 9.92 Å². The van der Waals surface area contributed by atoms with Gasteiger partial charge in [0.1, 0.15) is 9.92 Å². The van der Waals surface area contributed by atoms with Gasteiger partial charge in [0.05, 0.1) is 5.25 Å². The van der Waals surface area contributed by atoms with Gasteiger partial charge in [0.2, 0.25) is 6.43 Å². The average molecular weight is 238 g/mol. The molecule has 15 heavy (non-hydrogen) atoms. The Morgan fingerprint density at radius 2 is 1.73 bits per heavy atom. The van der Waals surface area contributed by atoms with E-state index in [9.17, 15) is 13.0 Å². The zero-order chi connectivity index (χ0) is 11.1. The summed E-state index contributed by atoms with van der Waals surface area (Å²) in [6.07, 6.45) is 0.198. The third kappa shape index (κ3) is 2.30. The fourth-order valence-corrected chi connectivity index (χ4v) is 3.95. The Balaban J connectivity index is 1.93. The second-order valence-corrected chi connectivity index (χ2v) is 6.69. The minimum absolute atomic E-state index is 0.000556. The quantitative estimate of drug-likeness (QED) is 0.804. The molecule has 0 aromatic carbocycles. The fraction of sp³-hybridized carbons (Fsp3) is 1.00. The topological polar surface area (TPSA) is 44.2 Å². The molecule has 0 bridgehead atoms. The van der Waals surface area contributed by atoms with Gasteiger partial charge in [-0.3, -0.25) is 0 Å². The van der Waals surface area contributed by atoms with Crippen LogP contribution >= 0.6 is 0 Å². The van der Waals surface area contributed by atoms with Gasteiger partial charge in [-0.1, -0.05) is 0 Å². The molecule has 1 heterocycles. The molecule has 1 unspecified atom stereocenters. The van der Waals surface area contributed by atoms with Crippen LogP contribution in [0.2, 0.25) is 0 Å². The molecule has 1 aliphatic heterocycles. The van der Waals surface area contributed by atoms with Crippen molar-refractivity contribution >= 4 is 9.92 Å². The standard InChI is InChI=1S/C9H16F2N2OS/c10-9(11)7-3-5-13(6-4-7)15(12,14)8-1-2-8/h7-9,12H,1-6H2. The first-order valence-corrected chi connectivity index (χ1v) is 6.90. The lowest BCUT2D eigenvalue weighted by molar-refractivity contribution is 0.0495. The molecule has 0 aromatic rings. The fourth-order valence-electron chi connectivity index (χ4n) is 2.00. The van der Waals surface area contributed by atoms with Crippen LogP contribution in [0.15, 0.2) is 0 Å². The van der Waals surface area contributed by atoms with Crippen LogP contribution in [0.1, 0.15) is 25.7 Å². The first-order valence-electron chi connectivity index (χ1n) is 5.32. The van der Waals surface area contributed by atoms with Gasteiger partial charge in [0.15, 0.2) is 0 Å². The van der Waals surface area contributed by atoms with Gasteiger partial charge >= 0.3 is 0 Å². The van der Waals surface area contributed by atoms with E-state index in [1.807, 2.05) is 0 Å². The molecule has 88 valence electrons. The number of rotatable bonds is 3. The molecule has 2 rings (SSSR count). The van der Waals surface area contributed by atoms with Crippen LogP contribution in [0.5, 0.6) is 0 Å². The highest BCUT2D eigenvalue weighted by Crippen LogP contribution is 2.34. The minimum atomic E-state index is -2.65. The van der Waals surface area contributed by atoms with Crippen LogP contribution in [0.25, 0.3) is 0 Å². The van der Waals surface area contributed by atoms with E-state index in [2.05, 4.69) is 0 Å². The third-order valence-electron chi connectivity index (χ3n) is 3.21. The molecule has 1 atom stereocenters. The van der Waals surface area contributed by atoms with E-state index in [0.717, 1.165) is 12.8 Å². The third-order valence-corrected chi connectivity index (χ3v) is 5.72. The lowest BCUT2D eigenvalue weighted by Gasteiger charge is -2.32. The van der Waals surface area contributed by atoms with Crippen molar-refractivity contribution < 1.29 is 13.0 Å². The van der Waals surface area contributed by atoms with Gasteiger partial charge in [-0.2, -0.15) is 0 Å². The summed E-state index contributed by atoms with van der Waals surface area (Å²) in [5.41, 5.74) is 0. The van der Waals surface area contributed by atoms with Crippen LogP contribution in [-0.4, -0.2) is 33.3 Å². The smallest absolute Gasteiger partial charge is 0.240 e. The average Bonchev–Trinajstić information content (AvgIpc) is 3.01. The van der Waals surface area contributed by atoms with E-state index >= 15 is 0 Å². The van der Waals surface area contributed by atoms with Gasteiger partial charge in [-0.05, 0) is 25.7 Å². The van der Waals surface area contributed by atoms with Crippen molar-refractivity contribution in [3.63, 3.8) is 0 Å². The van der Waals surface area contributed by atoms with Crippen LogP contribution < -0.4 is 0 Å². The van der Waals surface area contributed by atoms with E-state index in [-0.39, 0.29) is 5.25 Å². The first-order chi connectivity index (χ1) is 7.01. The molecule has 2 fully saturated rings. The highest BCUT2D eigenvalue weighted by Gasteiger charge is 2.39. The molecule has 1 saturated carbocycles. The Morgan fingerprint density at radius 1 is 1.20 bits per heavy atom. The van der Waals surface area contributed by atoms with Crippen molar-refractivity contribution in [2.75, 3.05) is 13.1 Å². The molecule has 1 saturated heterocycles. The molecule has 0 radical (unpaired) electrons. The number of nitrogens with zero attached hydrogens (tertiary/aromatic N) is 1. The number of halogens is 2. The van der Waals surface area contributed by atoms with E-state index in [4.69, 9.17) is 4.78 Å². The van der Waals surface area contributed by atoms with Crippen LogP contribution in [0.4, 0.5) is 8.78 Å². The van der Waals surface area contributed by atoms with E-state index < -0.39 is 22.3 Å². The molecule has 0 amide bonds. The summed E-state index contributed by atoms with van der Waals surface area (Å²) in [6.45, 7) is 0.793. The van der Waals surface area contributed by atoms with E-state index in [0.29, 0.717) is 25.9 Å². The maximum atomic E-state index is 12.4. The van der Waals surface area contributed by atoms with Gasteiger partial charge in [-0.25, -0.2) is 22.1 Å². The maximum Gasteiger partial charge on any atom is 0.241 e. The number of hydrogen-bond donors (Lipinski definition) is 1. The predicted octanol–water partition coefficient (Wildman–Crippen LogP) is 2.09. The van der Waals surface area contributed by atoms with Crippen molar-refractivity contribution in [3.05, 3.63) is 0 Å². The molecule has 2 aliphatic rings. The Kier molecular flexibility index (Phi) is 2.98. The van der Waals surface area contributed by atoms with Crippen molar-refractivity contribution in [3.8, 4) is 0 Å². The maximum absolute atomic E-state index is 12.4. The lowest BCUT2D eigenvalue weighted by atomic mass is 9.99. The number of hydrogen-bond acceptors (Lipinski definition) is 2. The summed E-state index contributed by atoms with van der Waals surface area (Å²) in [5.74, 6) is -0.560. The second kappa shape index (κ2) is 3.97. The van der Waals surface area contributed by atoms with Crippen molar-refractivity contribution in [2.24, 2.45) is 5.92 Å². The Bertz CT molecular complexity index is 319. The highest BCUT2D eigenvalue weighted by atomic mass is 32.2. The zero-order valence-corrected chi connectivity index (χ0v) is 9.31. The minimum Gasteiger partial charge on any atom is -0.240 e. The van der Waals surface area contributed by atoms with Crippen molar-refractivity contribution in [1.82, 2.24) is 4.31 Å². The molecule has 0 spiro atoms. The summed E-state index contributed by atoms with van der Waals surface area (Å²) < 4.78 is 46.1. The van der Waals surface area contributed by atoms with Gasteiger partial charge < -0.3 is 0 Å². The number of piperidine rings is 1. The van der Waals surface area contributed by atoms with Gasteiger partial charge in [0, 0.05) is 19.0 Å². The van der Waals surface area contributed by atoms with Crippen LogP contribution in [0.3, 0.4) is 0 Å². The summed E-state index contributed by atoms with van der Waals surface area (Å²) in [4.78, 5) is 0. The molecule has 0 aromatic heterocycles. The highest BCUT2D eigenvalue weighted by molar-refractivity contribution is 7.91. The molecular formula is C9H16F2N2OS. The summed E-state index contributed by atoms with van der Waals surface area (Å²) in [7, 11) is -2.65. The zero-order valence-electron chi connectivity index (χ0n) is 8.49. The summed E-state index contributed by atoms with van der Waals surface area (Å²) in [6, 6.07) is 0. The SMILES string of the molecule is N=S(=O)(C1CC1)N1CCC(C(F)F)CC1. The monoisotopic (exact) mass is 238 g/mol. The number of nitrogens with one attached hydrogen (secondary N) is 1.